The first-order valence-electron chi connectivity index (χ1n) is 12.1. The van der Waals surface area contributed by atoms with Gasteiger partial charge in [-0.25, -0.2) is 4.68 Å². The summed E-state index contributed by atoms with van der Waals surface area (Å²) in [6, 6.07) is 24.1. The molecule has 190 valence electrons. The standard InChI is InChI=1S/C29H30N4O3S/c1-5-25(28(35)31-26-20(3)32(4)33(29(26)36)23-11-7-6-8-12-23)37-24-13-9-10-22(18-24)30-27(34)21-16-14-19(2)15-17-21/h6-18,25H,5H2,1-4H3,(H,30,34)(H,31,35). The first kappa shape index (κ1) is 26.0. The molecule has 1 unspecified atom stereocenters. The fraction of sp³-hybridized carbons (Fsp3) is 0.207. The summed E-state index contributed by atoms with van der Waals surface area (Å²) in [4.78, 5) is 39.9. The van der Waals surface area contributed by atoms with Crippen LogP contribution in [-0.2, 0) is 11.8 Å². The molecular formula is C29H30N4O3S. The highest BCUT2D eigenvalue weighted by Gasteiger charge is 2.23. The van der Waals surface area contributed by atoms with Gasteiger partial charge in [-0.2, -0.15) is 0 Å². The summed E-state index contributed by atoms with van der Waals surface area (Å²) in [5, 5.41) is 5.36. The van der Waals surface area contributed by atoms with Crippen molar-refractivity contribution in [1.29, 1.82) is 0 Å². The Morgan fingerprint density at radius 2 is 1.62 bits per heavy atom. The Kier molecular flexibility index (Phi) is 7.98. The first-order chi connectivity index (χ1) is 17.8. The van der Waals surface area contributed by atoms with E-state index < -0.39 is 5.25 Å². The molecule has 1 heterocycles. The number of anilines is 2. The number of carbonyl (C=O) groups is 2. The molecule has 0 aliphatic heterocycles. The van der Waals surface area contributed by atoms with Crippen molar-refractivity contribution in [3.63, 3.8) is 0 Å². The van der Waals surface area contributed by atoms with Crippen LogP contribution in [-0.4, -0.2) is 26.4 Å². The summed E-state index contributed by atoms with van der Waals surface area (Å²) in [7, 11) is 1.79. The predicted octanol–water partition coefficient (Wildman–Crippen LogP) is 5.55. The van der Waals surface area contributed by atoms with Gasteiger partial charge in [0.2, 0.25) is 5.91 Å². The van der Waals surface area contributed by atoms with E-state index in [4.69, 9.17) is 0 Å². The molecule has 0 saturated heterocycles. The molecule has 0 spiro atoms. The van der Waals surface area contributed by atoms with Crippen LogP contribution in [0.25, 0.3) is 5.69 Å². The minimum atomic E-state index is -0.424. The van der Waals surface area contributed by atoms with Crippen LogP contribution >= 0.6 is 11.8 Å². The Morgan fingerprint density at radius 1 is 0.919 bits per heavy atom. The number of hydrogen-bond acceptors (Lipinski definition) is 4. The molecule has 0 radical (unpaired) electrons. The van der Waals surface area contributed by atoms with Crippen LogP contribution in [0.3, 0.4) is 0 Å². The Morgan fingerprint density at radius 3 is 2.30 bits per heavy atom. The molecule has 0 aliphatic carbocycles. The zero-order chi connectivity index (χ0) is 26.5. The Labute approximate surface area is 220 Å². The number of nitrogens with zero attached hydrogens (tertiary/aromatic N) is 2. The van der Waals surface area contributed by atoms with Crippen LogP contribution in [0.4, 0.5) is 11.4 Å². The van der Waals surface area contributed by atoms with E-state index in [1.807, 2.05) is 87.5 Å². The van der Waals surface area contributed by atoms with Crippen molar-refractivity contribution in [2.24, 2.45) is 7.05 Å². The van der Waals surface area contributed by atoms with Gasteiger partial charge in [0.1, 0.15) is 5.69 Å². The van der Waals surface area contributed by atoms with E-state index in [0.29, 0.717) is 23.4 Å². The highest BCUT2D eigenvalue weighted by atomic mass is 32.2. The highest BCUT2D eigenvalue weighted by Crippen LogP contribution is 2.29. The van der Waals surface area contributed by atoms with Crippen molar-refractivity contribution in [3.8, 4) is 5.69 Å². The molecule has 4 aromatic rings. The number of nitrogens with one attached hydrogen (secondary N) is 2. The number of aromatic nitrogens is 2. The highest BCUT2D eigenvalue weighted by molar-refractivity contribution is 8.00. The fourth-order valence-corrected chi connectivity index (χ4v) is 4.97. The zero-order valence-corrected chi connectivity index (χ0v) is 22.1. The maximum atomic E-state index is 13.2. The van der Waals surface area contributed by atoms with Gasteiger partial charge in [0.25, 0.3) is 11.5 Å². The number of aryl methyl sites for hydroxylation is 1. The van der Waals surface area contributed by atoms with Gasteiger partial charge in [-0.1, -0.05) is 48.9 Å². The molecule has 37 heavy (non-hydrogen) atoms. The largest absolute Gasteiger partial charge is 0.322 e. The number of rotatable bonds is 8. The third kappa shape index (κ3) is 5.86. The van der Waals surface area contributed by atoms with Crippen molar-refractivity contribution in [3.05, 3.63) is 106 Å². The Balaban J connectivity index is 1.48. The second-order valence-electron chi connectivity index (χ2n) is 8.79. The molecule has 0 aliphatic rings. The quantitative estimate of drug-likeness (QED) is 0.302. The van der Waals surface area contributed by atoms with Crippen LogP contribution in [0.2, 0.25) is 0 Å². The number of thioether (sulfide) groups is 1. The van der Waals surface area contributed by atoms with Gasteiger partial charge in [-0.05, 0) is 62.7 Å². The second kappa shape index (κ2) is 11.3. The molecule has 4 rings (SSSR count). The topological polar surface area (TPSA) is 85.1 Å². The van der Waals surface area contributed by atoms with E-state index in [-0.39, 0.29) is 23.1 Å². The van der Waals surface area contributed by atoms with Gasteiger partial charge in [0.15, 0.2) is 0 Å². The number of carbonyl (C=O) groups excluding carboxylic acids is 2. The fourth-order valence-electron chi connectivity index (χ4n) is 3.96. The van der Waals surface area contributed by atoms with Gasteiger partial charge in [-0.15, -0.1) is 11.8 Å². The second-order valence-corrected chi connectivity index (χ2v) is 10.1. The van der Waals surface area contributed by atoms with Crippen molar-refractivity contribution >= 4 is 35.0 Å². The number of amides is 2. The van der Waals surface area contributed by atoms with E-state index in [9.17, 15) is 14.4 Å². The van der Waals surface area contributed by atoms with Gasteiger partial charge in [-0.3, -0.25) is 19.1 Å². The van der Waals surface area contributed by atoms with Crippen molar-refractivity contribution in [2.75, 3.05) is 10.6 Å². The zero-order valence-electron chi connectivity index (χ0n) is 21.3. The molecule has 1 atom stereocenters. The molecule has 8 heteroatoms. The maximum absolute atomic E-state index is 13.2. The summed E-state index contributed by atoms with van der Waals surface area (Å²) < 4.78 is 3.28. The lowest BCUT2D eigenvalue weighted by atomic mass is 10.1. The smallest absolute Gasteiger partial charge is 0.295 e. The summed E-state index contributed by atoms with van der Waals surface area (Å²) >= 11 is 1.40. The van der Waals surface area contributed by atoms with Crippen LogP contribution in [0.5, 0.6) is 0 Å². The third-order valence-corrected chi connectivity index (χ3v) is 7.51. The third-order valence-electron chi connectivity index (χ3n) is 6.15. The van der Waals surface area contributed by atoms with Gasteiger partial charge < -0.3 is 10.6 Å². The number of para-hydroxylation sites is 1. The predicted molar refractivity (Wildman–Crippen MR) is 150 cm³/mol. The average molecular weight is 515 g/mol. The van der Waals surface area contributed by atoms with Crippen LogP contribution in [0.1, 0.15) is 35.0 Å². The van der Waals surface area contributed by atoms with Gasteiger partial charge in [0, 0.05) is 23.2 Å². The van der Waals surface area contributed by atoms with Crippen molar-refractivity contribution < 1.29 is 9.59 Å². The normalized spacial score (nSPS) is 11.7. The molecule has 7 nitrogen and oxygen atoms in total. The SMILES string of the molecule is CCC(Sc1cccc(NC(=O)c2ccc(C)cc2)c1)C(=O)Nc1c(C)n(C)n(-c2ccccc2)c1=O. The maximum Gasteiger partial charge on any atom is 0.295 e. The summed E-state index contributed by atoms with van der Waals surface area (Å²) in [6.07, 6.45) is 0.565. The van der Waals surface area contributed by atoms with E-state index in [1.165, 1.54) is 11.8 Å². The lowest BCUT2D eigenvalue weighted by Gasteiger charge is -2.15. The molecule has 0 fully saturated rings. The average Bonchev–Trinajstić information content (AvgIpc) is 3.11. The van der Waals surface area contributed by atoms with Crippen molar-refractivity contribution in [1.82, 2.24) is 9.36 Å². The molecule has 2 amide bonds. The van der Waals surface area contributed by atoms with E-state index in [1.54, 1.807) is 28.5 Å². The van der Waals surface area contributed by atoms with Crippen LogP contribution in [0, 0.1) is 13.8 Å². The Bertz CT molecular complexity index is 1470. The van der Waals surface area contributed by atoms with E-state index in [2.05, 4.69) is 10.6 Å². The van der Waals surface area contributed by atoms with Gasteiger partial charge in [0.05, 0.1) is 16.6 Å². The van der Waals surface area contributed by atoms with Gasteiger partial charge >= 0.3 is 0 Å². The monoisotopic (exact) mass is 514 g/mol. The number of hydrogen-bond donors (Lipinski definition) is 2. The van der Waals surface area contributed by atoms with Crippen LogP contribution in [0.15, 0.2) is 88.6 Å². The Hall–Kier alpha value is -4.04. The van der Waals surface area contributed by atoms with Crippen molar-refractivity contribution in [2.45, 2.75) is 37.3 Å². The lowest BCUT2D eigenvalue weighted by Crippen LogP contribution is -2.28. The minimum absolute atomic E-state index is 0.193. The first-order valence-corrected chi connectivity index (χ1v) is 13.0. The molecule has 0 saturated carbocycles. The summed E-state index contributed by atoms with van der Waals surface area (Å²) in [5.41, 5.74) is 3.70. The van der Waals surface area contributed by atoms with Crippen LogP contribution < -0.4 is 16.2 Å². The molecule has 2 N–H and O–H groups in total. The molecular weight excluding hydrogens is 484 g/mol. The molecule has 0 bridgehead atoms. The van der Waals surface area contributed by atoms with E-state index >= 15 is 0 Å². The summed E-state index contributed by atoms with van der Waals surface area (Å²) in [6.45, 7) is 5.71. The molecule has 1 aromatic heterocycles. The lowest BCUT2D eigenvalue weighted by molar-refractivity contribution is -0.115. The summed E-state index contributed by atoms with van der Waals surface area (Å²) in [5.74, 6) is -0.436. The molecule has 3 aromatic carbocycles. The minimum Gasteiger partial charge on any atom is -0.322 e. The van der Waals surface area contributed by atoms with E-state index in [0.717, 1.165) is 16.1 Å². The number of benzene rings is 3.